The topological polar surface area (TPSA) is 59.0 Å². The van der Waals surface area contributed by atoms with E-state index in [1.807, 2.05) is 30.6 Å². The molecule has 0 unspecified atom stereocenters. The molecule has 2 rings (SSSR count). The van der Waals surface area contributed by atoms with Gasteiger partial charge in [-0.3, -0.25) is 5.10 Å². The summed E-state index contributed by atoms with van der Waals surface area (Å²) in [6, 6.07) is 0. The lowest BCUT2D eigenvalue weighted by atomic mass is 10.3. The van der Waals surface area contributed by atoms with Crippen molar-refractivity contribution in [2.45, 2.75) is 6.61 Å². The molecule has 1 N–H and O–H groups in total. The average molecular weight is 285 g/mol. The van der Waals surface area contributed by atoms with E-state index < -0.39 is 0 Å². The molecule has 0 aliphatic heterocycles. The summed E-state index contributed by atoms with van der Waals surface area (Å²) in [6.45, 7) is 0.458. The third kappa shape index (κ3) is 2.31. The van der Waals surface area contributed by atoms with E-state index in [-0.39, 0.29) is 0 Å². The Morgan fingerprint density at radius 1 is 1.50 bits per heavy atom. The van der Waals surface area contributed by atoms with E-state index in [4.69, 9.17) is 17.0 Å². The monoisotopic (exact) mass is 285 g/mol. The van der Waals surface area contributed by atoms with Gasteiger partial charge in [-0.1, -0.05) is 11.3 Å². The number of aromatic amines is 1. The van der Waals surface area contributed by atoms with E-state index in [9.17, 15) is 0 Å². The molecule has 0 fully saturated rings. The Morgan fingerprint density at radius 2 is 2.22 bits per heavy atom. The van der Waals surface area contributed by atoms with E-state index in [2.05, 4.69) is 15.2 Å². The van der Waals surface area contributed by atoms with Crippen molar-refractivity contribution in [2.75, 3.05) is 26.1 Å². The number of hydrogen-bond acceptors (Lipinski definition) is 6. The van der Waals surface area contributed by atoms with Crippen molar-refractivity contribution < 1.29 is 4.74 Å². The molecule has 8 heteroatoms. The van der Waals surface area contributed by atoms with Gasteiger partial charge >= 0.3 is 0 Å². The highest BCUT2D eigenvalue weighted by Gasteiger charge is 2.18. The van der Waals surface area contributed by atoms with Crippen LogP contribution in [-0.2, 0) is 18.4 Å². The molecule has 0 atom stereocenters. The van der Waals surface area contributed by atoms with Crippen LogP contribution in [0, 0.1) is 4.77 Å². The number of anilines is 1. The molecule has 2 aromatic rings. The fraction of sp³-hybridized carbons (Fsp3) is 0.500. The summed E-state index contributed by atoms with van der Waals surface area (Å²) < 4.78 is 7.61. The van der Waals surface area contributed by atoms with Crippen molar-refractivity contribution in [3.63, 3.8) is 0 Å². The molecule has 0 saturated heterocycles. The summed E-state index contributed by atoms with van der Waals surface area (Å²) in [7, 11) is 7.46. The summed E-state index contributed by atoms with van der Waals surface area (Å²) in [6.07, 6.45) is 0. The molecule has 0 bridgehead atoms. The molecular formula is C10H15N5OS2. The van der Waals surface area contributed by atoms with Gasteiger partial charge in [0.25, 0.3) is 0 Å². The van der Waals surface area contributed by atoms with Crippen LogP contribution in [0.25, 0.3) is 10.7 Å². The Labute approximate surface area is 114 Å². The van der Waals surface area contributed by atoms with Gasteiger partial charge in [-0.2, -0.15) is 5.10 Å². The first kappa shape index (κ1) is 13.2. The molecule has 2 heterocycles. The number of H-pyrrole nitrogens is 1. The van der Waals surface area contributed by atoms with Crippen LogP contribution in [-0.4, -0.2) is 41.0 Å². The molecule has 98 valence electrons. The first-order valence-electron chi connectivity index (χ1n) is 5.32. The minimum Gasteiger partial charge on any atom is -0.378 e. The van der Waals surface area contributed by atoms with E-state index in [1.54, 1.807) is 18.4 Å². The smallest absolute Gasteiger partial charge is 0.195 e. The van der Waals surface area contributed by atoms with E-state index >= 15 is 0 Å². The van der Waals surface area contributed by atoms with Crippen LogP contribution in [0.5, 0.6) is 0 Å². The first-order valence-corrected chi connectivity index (χ1v) is 6.54. The molecule has 6 nitrogen and oxygen atoms in total. The highest BCUT2D eigenvalue weighted by atomic mass is 32.1. The Balaban J connectivity index is 2.54. The lowest BCUT2D eigenvalue weighted by Gasteiger charge is -2.05. The Morgan fingerprint density at radius 3 is 2.72 bits per heavy atom. The van der Waals surface area contributed by atoms with Gasteiger partial charge in [0, 0.05) is 28.3 Å². The molecule has 0 aliphatic rings. The second-order valence-corrected chi connectivity index (χ2v) is 5.38. The largest absolute Gasteiger partial charge is 0.378 e. The van der Waals surface area contributed by atoms with Crippen LogP contribution < -0.4 is 4.90 Å². The Bertz CT molecular complexity index is 598. The fourth-order valence-corrected chi connectivity index (χ4v) is 2.64. The van der Waals surface area contributed by atoms with Crippen molar-refractivity contribution in [3.05, 3.63) is 10.5 Å². The maximum Gasteiger partial charge on any atom is 0.195 e. The molecular weight excluding hydrogens is 270 g/mol. The van der Waals surface area contributed by atoms with Crippen molar-refractivity contribution in [1.82, 2.24) is 19.7 Å². The molecule has 0 radical (unpaired) electrons. The van der Waals surface area contributed by atoms with Gasteiger partial charge in [0.05, 0.1) is 17.2 Å². The van der Waals surface area contributed by atoms with Crippen molar-refractivity contribution in [1.29, 1.82) is 0 Å². The van der Waals surface area contributed by atoms with Gasteiger partial charge in [-0.25, -0.2) is 4.98 Å². The van der Waals surface area contributed by atoms with Crippen molar-refractivity contribution in [2.24, 2.45) is 7.05 Å². The fourth-order valence-electron chi connectivity index (χ4n) is 1.49. The summed E-state index contributed by atoms with van der Waals surface area (Å²) >= 11 is 6.70. The summed E-state index contributed by atoms with van der Waals surface area (Å²) in [4.78, 5) is 7.49. The second-order valence-electron chi connectivity index (χ2n) is 4.01. The Kier molecular flexibility index (Phi) is 3.79. The second kappa shape index (κ2) is 5.17. The molecule has 0 aromatic carbocycles. The van der Waals surface area contributed by atoms with Crippen LogP contribution in [0.2, 0.25) is 0 Å². The average Bonchev–Trinajstić information content (AvgIpc) is 2.86. The van der Waals surface area contributed by atoms with Crippen LogP contribution in [0.15, 0.2) is 0 Å². The number of nitrogens with one attached hydrogen (secondary N) is 1. The molecule has 18 heavy (non-hydrogen) atoms. The number of thiazole rings is 1. The van der Waals surface area contributed by atoms with Crippen molar-refractivity contribution in [3.8, 4) is 10.7 Å². The number of methoxy groups -OCH3 is 1. The zero-order chi connectivity index (χ0) is 13.3. The zero-order valence-corrected chi connectivity index (χ0v) is 12.4. The minimum absolute atomic E-state index is 0.458. The van der Waals surface area contributed by atoms with Gasteiger partial charge in [-0.15, -0.1) is 0 Å². The summed E-state index contributed by atoms with van der Waals surface area (Å²) in [5, 5.41) is 7.95. The molecule has 0 amide bonds. The standard InChI is InChI=1S/C10H15N5OS2/c1-14(2)10-11-6(5-16-4)7(18-10)8-12-13-9(17)15(8)3/h5H2,1-4H3,(H,13,17). The number of hydrogen-bond donors (Lipinski definition) is 1. The third-order valence-electron chi connectivity index (χ3n) is 2.43. The van der Waals surface area contributed by atoms with Gasteiger partial charge in [0.2, 0.25) is 0 Å². The van der Waals surface area contributed by atoms with E-state index in [0.717, 1.165) is 21.5 Å². The van der Waals surface area contributed by atoms with Gasteiger partial charge in [0.15, 0.2) is 15.7 Å². The molecule has 0 spiro atoms. The third-order valence-corrected chi connectivity index (χ3v) is 4.06. The van der Waals surface area contributed by atoms with E-state index in [1.165, 1.54) is 0 Å². The number of nitrogens with zero attached hydrogens (tertiary/aromatic N) is 4. The molecule has 0 saturated carbocycles. The van der Waals surface area contributed by atoms with Gasteiger partial charge in [0.1, 0.15) is 0 Å². The summed E-state index contributed by atoms with van der Waals surface area (Å²) in [5.41, 5.74) is 0.878. The van der Waals surface area contributed by atoms with Gasteiger partial charge in [-0.05, 0) is 12.2 Å². The maximum absolute atomic E-state index is 5.18. The highest BCUT2D eigenvalue weighted by Crippen LogP contribution is 2.33. The van der Waals surface area contributed by atoms with Gasteiger partial charge < -0.3 is 14.2 Å². The molecule has 0 aliphatic carbocycles. The molecule has 2 aromatic heterocycles. The quantitative estimate of drug-likeness (QED) is 0.868. The zero-order valence-electron chi connectivity index (χ0n) is 10.7. The Hall–Kier alpha value is -1.25. The highest BCUT2D eigenvalue weighted by molar-refractivity contribution is 7.71. The number of rotatable bonds is 4. The van der Waals surface area contributed by atoms with Crippen LogP contribution in [0.1, 0.15) is 5.69 Å². The predicted molar refractivity (Wildman–Crippen MR) is 74.5 cm³/mol. The van der Waals surface area contributed by atoms with Crippen molar-refractivity contribution >= 4 is 28.7 Å². The SMILES string of the molecule is COCc1nc(N(C)C)sc1-c1n[nH]c(=S)n1C. The summed E-state index contributed by atoms with van der Waals surface area (Å²) in [5.74, 6) is 0.789. The normalized spacial score (nSPS) is 10.9. The lowest BCUT2D eigenvalue weighted by molar-refractivity contribution is 0.182. The number of ether oxygens (including phenoxy) is 1. The van der Waals surface area contributed by atoms with Crippen LogP contribution in [0.3, 0.4) is 0 Å². The minimum atomic E-state index is 0.458. The lowest BCUT2D eigenvalue weighted by Crippen LogP contribution is -2.08. The first-order chi connectivity index (χ1) is 8.54. The number of aromatic nitrogens is 4. The van der Waals surface area contributed by atoms with Crippen LogP contribution in [0.4, 0.5) is 5.13 Å². The van der Waals surface area contributed by atoms with Crippen LogP contribution >= 0.6 is 23.6 Å². The predicted octanol–water partition coefficient (Wildman–Crippen LogP) is 1.81. The van der Waals surface area contributed by atoms with E-state index in [0.29, 0.717) is 11.4 Å². The maximum atomic E-state index is 5.18.